The zero-order valence-electron chi connectivity index (χ0n) is 16.7. The molecule has 0 unspecified atom stereocenters. The lowest BCUT2D eigenvalue weighted by molar-refractivity contribution is -0.136. The summed E-state index contributed by atoms with van der Waals surface area (Å²) in [6.45, 7) is 1.98. The van der Waals surface area contributed by atoms with Gasteiger partial charge in [0.25, 0.3) is 0 Å². The van der Waals surface area contributed by atoms with Crippen LogP contribution in [0.3, 0.4) is 0 Å². The fraction of sp³-hybridized carbons (Fsp3) is 0.458. The maximum absolute atomic E-state index is 14.2. The van der Waals surface area contributed by atoms with Gasteiger partial charge in [-0.1, -0.05) is 55.5 Å². The third-order valence-corrected chi connectivity index (χ3v) is 6.86. The molecule has 5 heteroatoms. The fourth-order valence-electron chi connectivity index (χ4n) is 5.29. The van der Waals surface area contributed by atoms with Gasteiger partial charge in [-0.2, -0.15) is 0 Å². The summed E-state index contributed by atoms with van der Waals surface area (Å²) < 4.78 is 14.2. The molecule has 154 valence electrons. The van der Waals surface area contributed by atoms with Crippen molar-refractivity contribution >= 4 is 5.91 Å². The van der Waals surface area contributed by atoms with E-state index < -0.39 is 17.6 Å². The molecule has 0 aromatic heterocycles. The van der Waals surface area contributed by atoms with E-state index in [2.05, 4.69) is 0 Å². The van der Waals surface area contributed by atoms with Crippen LogP contribution in [0.1, 0.15) is 49.8 Å². The smallest absolute Gasteiger partial charge is 0.227 e. The zero-order valence-corrected chi connectivity index (χ0v) is 16.7. The van der Waals surface area contributed by atoms with Crippen LogP contribution < -0.4 is 0 Å². The van der Waals surface area contributed by atoms with Gasteiger partial charge >= 0.3 is 0 Å². The number of carbonyl (C=O) groups is 1. The average Bonchev–Trinajstić information content (AvgIpc) is 2.98. The Morgan fingerprint density at radius 3 is 2.52 bits per heavy atom. The number of halogens is 1. The van der Waals surface area contributed by atoms with E-state index >= 15 is 0 Å². The number of amides is 1. The largest absolute Gasteiger partial charge is 0.390 e. The number of carbonyl (C=O) groups excluding carboxylic acids is 1. The minimum atomic E-state index is -0.896. The van der Waals surface area contributed by atoms with Crippen molar-refractivity contribution in [3.63, 3.8) is 0 Å². The lowest BCUT2D eigenvalue weighted by Crippen LogP contribution is -2.49. The number of benzene rings is 2. The van der Waals surface area contributed by atoms with Crippen LogP contribution in [0, 0.1) is 11.2 Å². The van der Waals surface area contributed by atoms with E-state index in [1.165, 1.54) is 6.07 Å². The second-order valence-corrected chi connectivity index (χ2v) is 8.66. The molecule has 2 N–H and O–H groups in total. The molecule has 4 nitrogen and oxygen atoms in total. The van der Waals surface area contributed by atoms with Crippen LogP contribution in [0.25, 0.3) is 0 Å². The third-order valence-electron chi connectivity index (χ3n) is 6.86. The predicted molar refractivity (Wildman–Crippen MR) is 109 cm³/mol. The third kappa shape index (κ3) is 3.58. The summed E-state index contributed by atoms with van der Waals surface area (Å²) in [6, 6.07) is 15.8. The van der Waals surface area contributed by atoms with E-state index in [4.69, 9.17) is 0 Å². The van der Waals surface area contributed by atoms with Crippen molar-refractivity contribution in [2.24, 2.45) is 5.41 Å². The molecular weight excluding hydrogens is 369 g/mol. The minimum Gasteiger partial charge on any atom is -0.390 e. The lowest BCUT2D eigenvalue weighted by Gasteiger charge is -2.38. The van der Waals surface area contributed by atoms with Crippen LogP contribution in [-0.4, -0.2) is 39.3 Å². The van der Waals surface area contributed by atoms with Crippen LogP contribution in [0.5, 0.6) is 0 Å². The van der Waals surface area contributed by atoms with Gasteiger partial charge in [-0.25, -0.2) is 4.39 Å². The normalized spacial score (nSPS) is 31.9. The lowest BCUT2D eigenvalue weighted by atomic mass is 9.74. The second kappa shape index (κ2) is 7.88. The highest BCUT2D eigenvalue weighted by molar-refractivity contribution is 5.80. The first-order valence-corrected chi connectivity index (χ1v) is 10.4. The molecule has 1 saturated heterocycles. The van der Waals surface area contributed by atoms with Gasteiger partial charge < -0.3 is 15.1 Å². The molecule has 5 atom stereocenters. The van der Waals surface area contributed by atoms with E-state index in [0.717, 1.165) is 18.4 Å². The van der Waals surface area contributed by atoms with E-state index in [1.807, 2.05) is 42.2 Å². The van der Waals surface area contributed by atoms with E-state index in [-0.39, 0.29) is 30.2 Å². The SMILES string of the molecule is C[C@@]12C[C@H](c3ccccc3)N(C(=O)Cc3ccccc3F)[C@@H]1CCC[C@H](O)[C@@H]2O. The molecule has 1 heterocycles. The van der Waals surface area contributed by atoms with Crippen molar-refractivity contribution in [1.82, 2.24) is 4.90 Å². The number of likely N-dealkylation sites (tertiary alicyclic amines) is 1. The van der Waals surface area contributed by atoms with Gasteiger partial charge in [0.15, 0.2) is 0 Å². The van der Waals surface area contributed by atoms with Crippen molar-refractivity contribution < 1.29 is 19.4 Å². The zero-order chi connectivity index (χ0) is 20.6. The quantitative estimate of drug-likeness (QED) is 0.832. The Morgan fingerprint density at radius 2 is 1.79 bits per heavy atom. The molecule has 2 aliphatic rings. The first-order valence-electron chi connectivity index (χ1n) is 10.4. The molecule has 2 aromatic rings. The minimum absolute atomic E-state index is 0.0127. The summed E-state index contributed by atoms with van der Waals surface area (Å²) in [6.07, 6.45) is 0.860. The van der Waals surface area contributed by atoms with Gasteiger partial charge in [0.1, 0.15) is 5.82 Å². The molecule has 4 rings (SSSR count). The van der Waals surface area contributed by atoms with Gasteiger partial charge in [-0.3, -0.25) is 4.79 Å². The molecule has 1 saturated carbocycles. The summed E-state index contributed by atoms with van der Waals surface area (Å²) in [5, 5.41) is 21.4. The number of rotatable bonds is 3. The molecule has 2 aromatic carbocycles. The summed E-state index contributed by atoms with van der Waals surface area (Å²) in [5.41, 5.74) is 0.777. The Hall–Kier alpha value is -2.24. The highest BCUT2D eigenvalue weighted by Gasteiger charge is 2.56. The molecular formula is C24H28FNO3. The van der Waals surface area contributed by atoms with Gasteiger partial charge in [0, 0.05) is 11.5 Å². The maximum Gasteiger partial charge on any atom is 0.227 e. The Labute approximate surface area is 171 Å². The number of aliphatic hydroxyl groups is 2. The van der Waals surface area contributed by atoms with Gasteiger partial charge in [-0.05, 0) is 42.9 Å². The summed E-state index contributed by atoms with van der Waals surface area (Å²) in [7, 11) is 0. The van der Waals surface area contributed by atoms with Gasteiger partial charge in [0.2, 0.25) is 5.91 Å². The Balaban J connectivity index is 1.72. The molecule has 0 bridgehead atoms. The van der Waals surface area contributed by atoms with E-state index in [9.17, 15) is 19.4 Å². The number of aliphatic hydroxyl groups excluding tert-OH is 2. The monoisotopic (exact) mass is 397 g/mol. The Kier molecular flexibility index (Phi) is 5.45. The summed E-state index contributed by atoms with van der Waals surface area (Å²) in [4.78, 5) is 15.3. The highest BCUT2D eigenvalue weighted by atomic mass is 19.1. The first kappa shape index (κ1) is 20.0. The number of fused-ring (bicyclic) bond motifs is 1. The molecule has 0 spiro atoms. The molecule has 1 aliphatic carbocycles. The van der Waals surface area contributed by atoms with Crippen molar-refractivity contribution in [2.75, 3.05) is 0 Å². The fourth-order valence-corrected chi connectivity index (χ4v) is 5.29. The predicted octanol–water partition coefficient (Wildman–Crippen LogP) is 3.62. The van der Waals surface area contributed by atoms with Gasteiger partial charge in [-0.15, -0.1) is 0 Å². The molecule has 1 aliphatic heterocycles. The number of hydrogen-bond acceptors (Lipinski definition) is 3. The Morgan fingerprint density at radius 1 is 1.10 bits per heavy atom. The molecule has 2 fully saturated rings. The second-order valence-electron chi connectivity index (χ2n) is 8.66. The van der Waals surface area contributed by atoms with Crippen molar-refractivity contribution in [3.05, 3.63) is 71.5 Å². The number of nitrogens with zero attached hydrogens (tertiary/aromatic N) is 1. The van der Waals surface area contributed by atoms with Crippen LogP contribution in [0.4, 0.5) is 4.39 Å². The van der Waals surface area contributed by atoms with Crippen LogP contribution >= 0.6 is 0 Å². The average molecular weight is 397 g/mol. The topological polar surface area (TPSA) is 60.8 Å². The Bertz CT molecular complexity index is 873. The molecule has 1 amide bonds. The van der Waals surface area contributed by atoms with Crippen molar-refractivity contribution in [3.8, 4) is 0 Å². The number of hydrogen-bond donors (Lipinski definition) is 2. The summed E-state index contributed by atoms with van der Waals surface area (Å²) >= 11 is 0. The molecule has 29 heavy (non-hydrogen) atoms. The van der Waals surface area contributed by atoms with Crippen LogP contribution in [0.15, 0.2) is 54.6 Å². The standard InChI is InChI=1S/C24H28FNO3/c1-24-15-19(16-8-3-2-4-9-16)26(21(24)13-7-12-20(27)23(24)29)22(28)14-17-10-5-6-11-18(17)25/h2-6,8-11,19-21,23,27,29H,7,12-15H2,1H3/t19-,20+,21-,23+,24-/m1/s1. The van der Waals surface area contributed by atoms with Crippen LogP contribution in [0.2, 0.25) is 0 Å². The van der Waals surface area contributed by atoms with E-state index in [1.54, 1.807) is 18.2 Å². The summed E-state index contributed by atoms with van der Waals surface area (Å²) in [5.74, 6) is -0.517. The van der Waals surface area contributed by atoms with Crippen molar-refractivity contribution in [2.45, 2.75) is 63.3 Å². The van der Waals surface area contributed by atoms with E-state index in [0.29, 0.717) is 18.4 Å². The highest BCUT2D eigenvalue weighted by Crippen LogP contribution is 2.53. The maximum atomic E-state index is 14.2. The van der Waals surface area contributed by atoms with Crippen molar-refractivity contribution in [1.29, 1.82) is 0 Å². The first-order chi connectivity index (χ1) is 13.9. The van der Waals surface area contributed by atoms with Crippen LogP contribution in [-0.2, 0) is 11.2 Å². The van der Waals surface area contributed by atoms with Gasteiger partial charge in [0.05, 0.1) is 24.7 Å². The molecule has 0 radical (unpaired) electrons.